The van der Waals surface area contributed by atoms with Gasteiger partial charge >= 0.3 is 0 Å². The largest absolute Gasteiger partial charge is 0.388 e. The van der Waals surface area contributed by atoms with E-state index in [9.17, 15) is 9.90 Å². The molecule has 2 N–H and O–H groups in total. The number of hydrogen-bond donors (Lipinski definition) is 2. The van der Waals surface area contributed by atoms with E-state index in [4.69, 9.17) is 11.6 Å². The summed E-state index contributed by atoms with van der Waals surface area (Å²) in [7, 11) is 0. The fraction of sp³-hybridized carbons (Fsp3) is 0.857. The Hall–Kier alpha value is -0.280. The molecule has 11 heavy (non-hydrogen) atoms. The van der Waals surface area contributed by atoms with Crippen molar-refractivity contribution >= 4 is 17.5 Å². The number of amides is 1. The monoisotopic (exact) mass is 177 g/mol. The van der Waals surface area contributed by atoms with Crippen molar-refractivity contribution in [3.8, 4) is 0 Å². The van der Waals surface area contributed by atoms with Crippen LogP contribution in [-0.2, 0) is 4.79 Å². The van der Waals surface area contributed by atoms with E-state index in [1.807, 2.05) is 0 Å². The molecule has 0 bridgehead atoms. The Balaban J connectivity index is 2.16. The molecule has 0 spiro atoms. The second-order valence-electron chi connectivity index (χ2n) is 2.99. The molecular weight excluding hydrogens is 166 g/mol. The van der Waals surface area contributed by atoms with Gasteiger partial charge in [0.15, 0.2) is 0 Å². The minimum atomic E-state index is -0.637. The first kappa shape index (κ1) is 8.81. The van der Waals surface area contributed by atoms with Crippen LogP contribution < -0.4 is 5.32 Å². The maximum Gasteiger partial charge on any atom is 0.235 e. The molecule has 0 saturated heterocycles. The summed E-state index contributed by atoms with van der Waals surface area (Å²) in [5, 5.41) is 12.1. The number of alkyl halides is 1. The van der Waals surface area contributed by atoms with Crippen molar-refractivity contribution in [3.05, 3.63) is 0 Å². The summed E-state index contributed by atoms with van der Waals surface area (Å²) < 4.78 is 0. The van der Waals surface area contributed by atoms with Crippen molar-refractivity contribution in [2.24, 2.45) is 0 Å². The topological polar surface area (TPSA) is 49.3 Å². The minimum absolute atomic E-state index is 0.0317. The number of carbonyl (C=O) groups excluding carboxylic acids is 1. The molecular formula is C7H12ClNO2. The zero-order chi connectivity index (χ0) is 8.32. The maximum absolute atomic E-state index is 10.6. The quantitative estimate of drug-likeness (QED) is 0.608. The summed E-state index contributed by atoms with van der Waals surface area (Å²) in [5.74, 6) is -0.247. The number of rotatable bonds is 3. The van der Waals surface area contributed by atoms with Crippen molar-refractivity contribution in [2.45, 2.75) is 24.9 Å². The number of hydrogen-bond acceptors (Lipinski definition) is 2. The van der Waals surface area contributed by atoms with E-state index in [-0.39, 0.29) is 11.8 Å². The van der Waals surface area contributed by atoms with Crippen molar-refractivity contribution < 1.29 is 9.90 Å². The highest BCUT2D eigenvalue weighted by Crippen LogP contribution is 2.30. The van der Waals surface area contributed by atoms with E-state index in [1.54, 1.807) is 0 Å². The molecule has 0 unspecified atom stereocenters. The van der Waals surface area contributed by atoms with E-state index in [2.05, 4.69) is 5.32 Å². The first-order valence-electron chi connectivity index (χ1n) is 3.71. The Bertz CT molecular complexity index is 157. The van der Waals surface area contributed by atoms with Crippen LogP contribution in [0.1, 0.15) is 19.3 Å². The summed E-state index contributed by atoms with van der Waals surface area (Å²) in [4.78, 5) is 10.6. The SMILES string of the molecule is O=C(CCl)NCC1(O)CCC1. The fourth-order valence-corrected chi connectivity index (χ4v) is 1.17. The number of carbonyl (C=O) groups is 1. The van der Waals surface area contributed by atoms with Crippen molar-refractivity contribution in [1.29, 1.82) is 0 Å². The van der Waals surface area contributed by atoms with Gasteiger partial charge in [-0.1, -0.05) is 0 Å². The van der Waals surface area contributed by atoms with Crippen LogP contribution in [-0.4, -0.2) is 29.0 Å². The molecule has 0 heterocycles. The Morgan fingerprint density at radius 1 is 1.64 bits per heavy atom. The minimum Gasteiger partial charge on any atom is -0.388 e. The van der Waals surface area contributed by atoms with Gasteiger partial charge in [0.05, 0.1) is 5.60 Å². The van der Waals surface area contributed by atoms with Crippen LogP contribution in [0, 0.1) is 0 Å². The molecule has 0 aromatic rings. The van der Waals surface area contributed by atoms with E-state index in [1.165, 1.54) is 0 Å². The molecule has 0 aromatic heterocycles. The van der Waals surface area contributed by atoms with E-state index in [0.717, 1.165) is 19.3 Å². The van der Waals surface area contributed by atoms with Crippen molar-refractivity contribution in [2.75, 3.05) is 12.4 Å². The van der Waals surface area contributed by atoms with Gasteiger partial charge in [-0.3, -0.25) is 4.79 Å². The normalized spacial score (nSPS) is 20.5. The van der Waals surface area contributed by atoms with Gasteiger partial charge in [-0.2, -0.15) is 0 Å². The van der Waals surface area contributed by atoms with Gasteiger partial charge < -0.3 is 10.4 Å². The van der Waals surface area contributed by atoms with Gasteiger partial charge in [0.2, 0.25) is 5.91 Å². The molecule has 64 valence electrons. The van der Waals surface area contributed by atoms with Crippen LogP contribution in [0.15, 0.2) is 0 Å². The molecule has 1 rings (SSSR count). The molecule has 0 aliphatic heterocycles. The van der Waals surface area contributed by atoms with Gasteiger partial charge in [-0.15, -0.1) is 11.6 Å². The summed E-state index contributed by atoms with van der Waals surface area (Å²) in [6.45, 7) is 0.346. The molecule has 1 aliphatic carbocycles. The lowest BCUT2D eigenvalue weighted by atomic mass is 9.80. The molecule has 4 heteroatoms. The third-order valence-corrected chi connectivity index (χ3v) is 2.26. The zero-order valence-corrected chi connectivity index (χ0v) is 7.02. The third kappa shape index (κ3) is 2.34. The lowest BCUT2D eigenvalue weighted by Crippen LogP contribution is -2.48. The Kier molecular flexibility index (Phi) is 2.73. The molecule has 1 saturated carbocycles. The van der Waals surface area contributed by atoms with Crippen molar-refractivity contribution in [1.82, 2.24) is 5.32 Å². The third-order valence-electron chi connectivity index (χ3n) is 2.02. The Morgan fingerprint density at radius 3 is 2.64 bits per heavy atom. The molecule has 0 radical (unpaired) electrons. The van der Waals surface area contributed by atoms with Gasteiger partial charge in [0.25, 0.3) is 0 Å². The van der Waals surface area contributed by atoms with Crippen LogP contribution in [0.2, 0.25) is 0 Å². The van der Waals surface area contributed by atoms with Crippen LogP contribution in [0.5, 0.6) is 0 Å². The van der Waals surface area contributed by atoms with Crippen LogP contribution >= 0.6 is 11.6 Å². The van der Waals surface area contributed by atoms with Gasteiger partial charge in [0.1, 0.15) is 5.88 Å². The van der Waals surface area contributed by atoms with Crippen molar-refractivity contribution in [3.63, 3.8) is 0 Å². The van der Waals surface area contributed by atoms with Gasteiger partial charge in [-0.05, 0) is 19.3 Å². The fourth-order valence-electron chi connectivity index (χ4n) is 1.07. The van der Waals surface area contributed by atoms with E-state index >= 15 is 0 Å². The second-order valence-corrected chi connectivity index (χ2v) is 3.26. The zero-order valence-electron chi connectivity index (χ0n) is 6.27. The van der Waals surface area contributed by atoms with Crippen LogP contribution in [0.4, 0.5) is 0 Å². The number of aliphatic hydroxyl groups is 1. The molecule has 0 aromatic carbocycles. The van der Waals surface area contributed by atoms with Gasteiger partial charge in [-0.25, -0.2) is 0 Å². The summed E-state index contributed by atoms with van der Waals surface area (Å²) in [6, 6.07) is 0. The molecule has 3 nitrogen and oxygen atoms in total. The maximum atomic E-state index is 10.6. The molecule has 0 atom stereocenters. The highest BCUT2D eigenvalue weighted by molar-refractivity contribution is 6.27. The van der Waals surface area contributed by atoms with Crippen LogP contribution in [0.25, 0.3) is 0 Å². The smallest absolute Gasteiger partial charge is 0.235 e. The Morgan fingerprint density at radius 2 is 2.27 bits per heavy atom. The summed E-state index contributed by atoms with van der Waals surface area (Å²) in [5.41, 5.74) is -0.637. The average Bonchev–Trinajstić information content (AvgIpc) is 1.96. The molecule has 1 aliphatic rings. The lowest BCUT2D eigenvalue weighted by Gasteiger charge is -2.36. The van der Waals surface area contributed by atoms with E-state index < -0.39 is 5.60 Å². The predicted molar refractivity (Wildman–Crippen MR) is 42.5 cm³/mol. The Labute approximate surface area is 70.7 Å². The highest BCUT2D eigenvalue weighted by Gasteiger charge is 2.34. The van der Waals surface area contributed by atoms with E-state index in [0.29, 0.717) is 6.54 Å². The van der Waals surface area contributed by atoms with Crippen LogP contribution in [0.3, 0.4) is 0 Å². The molecule has 1 amide bonds. The average molecular weight is 178 g/mol. The standard InChI is InChI=1S/C7H12ClNO2/c8-4-6(10)9-5-7(11)2-1-3-7/h11H,1-5H2,(H,9,10). The second kappa shape index (κ2) is 3.41. The lowest BCUT2D eigenvalue weighted by molar-refractivity contribution is -0.121. The first-order valence-corrected chi connectivity index (χ1v) is 4.25. The first-order chi connectivity index (χ1) is 5.16. The summed E-state index contributed by atoms with van der Waals surface area (Å²) >= 11 is 5.25. The molecule has 1 fully saturated rings. The summed E-state index contributed by atoms with van der Waals surface area (Å²) in [6.07, 6.45) is 2.62. The highest BCUT2D eigenvalue weighted by atomic mass is 35.5. The van der Waals surface area contributed by atoms with Gasteiger partial charge in [0, 0.05) is 6.54 Å². The predicted octanol–water partition coefficient (Wildman–Crippen LogP) is 0.256. The number of halogens is 1. The number of nitrogens with one attached hydrogen (secondary N) is 1.